The largest absolute Gasteiger partial charge is 0.357 e. The zero-order chi connectivity index (χ0) is 20.3. The Bertz CT molecular complexity index is 877. The zero-order valence-corrected chi connectivity index (χ0v) is 20.1. The van der Waals surface area contributed by atoms with Crippen LogP contribution in [-0.2, 0) is 17.3 Å². The molecule has 30 heavy (non-hydrogen) atoms. The molecule has 1 saturated heterocycles. The van der Waals surface area contributed by atoms with E-state index in [9.17, 15) is 4.79 Å². The summed E-state index contributed by atoms with van der Waals surface area (Å²) in [6.45, 7) is 5.34. The Morgan fingerprint density at radius 2 is 2.00 bits per heavy atom. The van der Waals surface area contributed by atoms with E-state index >= 15 is 0 Å². The summed E-state index contributed by atoms with van der Waals surface area (Å²) in [6.07, 6.45) is 7.23. The van der Waals surface area contributed by atoms with Gasteiger partial charge in [0.15, 0.2) is 5.96 Å². The molecule has 2 fully saturated rings. The van der Waals surface area contributed by atoms with Gasteiger partial charge >= 0.3 is 0 Å². The minimum atomic E-state index is 0. The number of hydrogen-bond acceptors (Lipinski definition) is 3. The van der Waals surface area contributed by atoms with Gasteiger partial charge in [-0.15, -0.1) is 24.0 Å². The monoisotopic (exact) mass is 522 g/mol. The van der Waals surface area contributed by atoms with Crippen molar-refractivity contribution in [3.63, 3.8) is 0 Å². The smallest absolute Gasteiger partial charge is 0.246 e. The summed E-state index contributed by atoms with van der Waals surface area (Å²) < 4.78 is 1.72. The lowest BCUT2D eigenvalue weighted by Crippen LogP contribution is -2.55. The second-order valence-electron chi connectivity index (χ2n) is 8.01. The molecule has 0 atom stereocenters. The van der Waals surface area contributed by atoms with Gasteiger partial charge in [-0.05, 0) is 25.3 Å². The van der Waals surface area contributed by atoms with Crippen molar-refractivity contribution < 1.29 is 4.79 Å². The van der Waals surface area contributed by atoms with Gasteiger partial charge in [0.25, 0.3) is 0 Å². The highest BCUT2D eigenvalue weighted by molar-refractivity contribution is 14.0. The second-order valence-corrected chi connectivity index (χ2v) is 8.01. The number of aryl methyl sites for hydroxylation is 1. The van der Waals surface area contributed by atoms with Gasteiger partial charge < -0.3 is 15.1 Å². The minimum Gasteiger partial charge on any atom is -0.357 e. The van der Waals surface area contributed by atoms with Crippen molar-refractivity contribution in [3.8, 4) is 0 Å². The molecule has 1 amide bonds. The van der Waals surface area contributed by atoms with Crippen LogP contribution in [0.1, 0.15) is 31.7 Å². The first-order valence-corrected chi connectivity index (χ1v) is 10.5. The molecule has 2 heterocycles. The number of hydrogen-bond donors (Lipinski definition) is 1. The SMILES string of the molecule is CCNC(=NCC1(c2ccccc2)CCC1)N1CCN(c2cnn(C)c2)C(=O)C1.I. The first kappa shape index (κ1) is 22.6. The van der Waals surface area contributed by atoms with Gasteiger partial charge in [0, 0.05) is 38.3 Å². The fraction of sp³-hybridized carbons (Fsp3) is 0.500. The molecule has 162 valence electrons. The molecule has 1 saturated carbocycles. The average Bonchev–Trinajstić information content (AvgIpc) is 3.13. The highest BCUT2D eigenvalue weighted by Crippen LogP contribution is 2.43. The highest BCUT2D eigenvalue weighted by Gasteiger charge is 2.38. The maximum Gasteiger partial charge on any atom is 0.246 e. The molecule has 4 rings (SSSR count). The molecule has 0 spiro atoms. The lowest BCUT2D eigenvalue weighted by atomic mass is 9.64. The number of piperazine rings is 1. The summed E-state index contributed by atoms with van der Waals surface area (Å²) in [7, 11) is 1.86. The van der Waals surface area contributed by atoms with Gasteiger partial charge in [0.2, 0.25) is 5.91 Å². The van der Waals surface area contributed by atoms with Crippen molar-refractivity contribution in [1.29, 1.82) is 0 Å². The predicted molar refractivity (Wildman–Crippen MR) is 130 cm³/mol. The molecule has 8 heteroatoms. The van der Waals surface area contributed by atoms with Crippen LogP contribution in [0.15, 0.2) is 47.7 Å². The third-order valence-electron chi connectivity index (χ3n) is 6.09. The van der Waals surface area contributed by atoms with E-state index in [1.807, 2.05) is 18.1 Å². The number of rotatable bonds is 5. The summed E-state index contributed by atoms with van der Waals surface area (Å²) >= 11 is 0. The van der Waals surface area contributed by atoms with Gasteiger partial charge in [0.05, 0.1) is 18.4 Å². The van der Waals surface area contributed by atoms with E-state index in [1.54, 1.807) is 10.9 Å². The Balaban J connectivity index is 0.00000256. The van der Waals surface area contributed by atoms with Crippen LogP contribution in [-0.4, -0.2) is 59.3 Å². The van der Waals surface area contributed by atoms with Gasteiger partial charge in [0.1, 0.15) is 6.54 Å². The maximum atomic E-state index is 12.8. The van der Waals surface area contributed by atoms with Crippen LogP contribution in [0.25, 0.3) is 0 Å². The van der Waals surface area contributed by atoms with Crippen molar-refractivity contribution >= 4 is 41.5 Å². The fourth-order valence-corrected chi connectivity index (χ4v) is 4.26. The predicted octanol–water partition coefficient (Wildman–Crippen LogP) is 2.77. The number of amides is 1. The fourth-order valence-electron chi connectivity index (χ4n) is 4.26. The van der Waals surface area contributed by atoms with Crippen LogP contribution >= 0.6 is 24.0 Å². The van der Waals surface area contributed by atoms with E-state index in [-0.39, 0.29) is 35.3 Å². The Morgan fingerprint density at radius 1 is 1.23 bits per heavy atom. The molecule has 1 aliphatic carbocycles. The van der Waals surface area contributed by atoms with Crippen LogP contribution in [0.4, 0.5) is 5.69 Å². The molecule has 1 N–H and O–H groups in total. The Morgan fingerprint density at radius 3 is 2.57 bits per heavy atom. The van der Waals surface area contributed by atoms with E-state index in [0.717, 1.165) is 31.3 Å². The molecule has 7 nitrogen and oxygen atoms in total. The van der Waals surface area contributed by atoms with Gasteiger partial charge in [-0.1, -0.05) is 36.8 Å². The van der Waals surface area contributed by atoms with Crippen molar-refractivity contribution in [2.75, 3.05) is 37.6 Å². The van der Waals surface area contributed by atoms with Crippen molar-refractivity contribution in [2.45, 2.75) is 31.6 Å². The molecule has 1 aromatic carbocycles. The van der Waals surface area contributed by atoms with Crippen LogP contribution < -0.4 is 10.2 Å². The normalized spacial score (nSPS) is 18.6. The van der Waals surface area contributed by atoms with Gasteiger partial charge in [-0.25, -0.2) is 0 Å². The van der Waals surface area contributed by atoms with Crippen molar-refractivity contribution in [2.24, 2.45) is 12.0 Å². The standard InChI is InChI=1S/C22H30N6O.HI/c1-3-23-21(24-17-22(10-7-11-22)18-8-5-4-6-9-18)27-12-13-28(20(29)16-27)19-14-25-26(2)15-19;/h4-6,8-9,14-15H,3,7,10-13,16-17H2,1-2H3,(H,23,24);1H. The summed E-state index contributed by atoms with van der Waals surface area (Å²) in [4.78, 5) is 21.7. The van der Waals surface area contributed by atoms with E-state index in [4.69, 9.17) is 4.99 Å². The van der Waals surface area contributed by atoms with Crippen molar-refractivity contribution in [1.82, 2.24) is 20.0 Å². The van der Waals surface area contributed by atoms with E-state index < -0.39 is 0 Å². The number of aromatic nitrogens is 2. The number of carbonyl (C=O) groups excluding carboxylic acids is 1. The molecule has 1 aromatic heterocycles. The number of aliphatic imine (C=N–C) groups is 1. The van der Waals surface area contributed by atoms with Gasteiger partial charge in [-0.2, -0.15) is 5.10 Å². The Hall–Kier alpha value is -2.10. The summed E-state index contributed by atoms with van der Waals surface area (Å²) in [5, 5.41) is 7.58. The lowest BCUT2D eigenvalue weighted by Gasteiger charge is -2.42. The average molecular weight is 522 g/mol. The van der Waals surface area contributed by atoms with Crippen molar-refractivity contribution in [3.05, 3.63) is 48.3 Å². The quantitative estimate of drug-likeness (QED) is 0.373. The molecular weight excluding hydrogens is 491 g/mol. The van der Waals surface area contributed by atoms with Crippen LogP contribution in [0.5, 0.6) is 0 Å². The first-order valence-electron chi connectivity index (χ1n) is 10.5. The highest BCUT2D eigenvalue weighted by atomic mass is 127. The zero-order valence-electron chi connectivity index (χ0n) is 17.8. The van der Waals surface area contributed by atoms with Gasteiger partial charge in [-0.3, -0.25) is 14.5 Å². The number of benzene rings is 1. The summed E-state index contributed by atoms with van der Waals surface area (Å²) in [6, 6.07) is 10.7. The molecule has 0 radical (unpaired) electrons. The summed E-state index contributed by atoms with van der Waals surface area (Å²) in [5.41, 5.74) is 2.38. The second kappa shape index (κ2) is 9.80. The molecule has 1 aliphatic heterocycles. The van der Waals surface area contributed by atoms with Crippen LogP contribution in [0.2, 0.25) is 0 Å². The van der Waals surface area contributed by atoms with E-state index in [1.165, 1.54) is 24.8 Å². The third kappa shape index (κ3) is 4.63. The van der Waals surface area contributed by atoms with Crippen LogP contribution in [0, 0.1) is 0 Å². The number of nitrogens with one attached hydrogen (secondary N) is 1. The number of carbonyl (C=O) groups is 1. The minimum absolute atomic E-state index is 0. The van der Waals surface area contributed by atoms with E-state index in [2.05, 4.69) is 52.6 Å². The summed E-state index contributed by atoms with van der Waals surface area (Å²) in [5.74, 6) is 0.921. The molecular formula is C22H31IN6O. The number of nitrogens with zero attached hydrogens (tertiary/aromatic N) is 5. The molecule has 0 bridgehead atoms. The molecule has 2 aromatic rings. The Labute approximate surface area is 195 Å². The van der Waals surface area contributed by atoms with Crippen LogP contribution in [0.3, 0.4) is 0 Å². The first-order chi connectivity index (χ1) is 14.1. The lowest BCUT2D eigenvalue weighted by molar-refractivity contribution is -0.120. The maximum absolute atomic E-state index is 12.8. The number of halogens is 1. The topological polar surface area (TPSA) is 65.8 Å². The third-order valence-corrected chi connectivity index (χ3v) is 6.09. The number of guanidine groups is 1. The molecule has 0 unspecified atom stereocenters. The number of anilines is 1. The molecule has 2 aliphatic rings. The van der Waals surface area contributed by atoms with E-state index in [0.29, 0.717) is 13.1 Å². The Kier molecular flexibility index (Phi) is 7.38.